The number of hydrogen-bond donors (Lipinski definition) is 2. The van der Waals surface area contributed by atoms with Crippen molar-refractivity contribution >= 4 is 17.0 Å². The van der Waals surface area contributed by atoms with Crippen molar-refractivity contribution in [1.29, 1.82) is 0 Å². The van der Waals surface area contributed by atoms with Gasteiger partial charge in [0.05, 0.1) is 0 Å². The Morgan fingerprint density at radius 2 is 1.85 bits per heavy atom. The van der Waals surface area contributed by atoms with E-state index in [4.69, 9.17) is 0 Å². The molecule has 0 aliphatic rings. The van der Waals surface area contributed by atoms with Crippen molar-refractivity contribution in [3.05, 3.63) is 30.3 Å². The fraction of sp³-hybridized carbons (Fsp3) is 0. The molecule has 13 heavy (non-hydrogen) atoms. The average Bonchev–Trinajstić information content (AvgIpc) is 2.04. The highest BCUT2D eigenvalue weighted by atomic mass is 32.2. The highest BCUT2D eigenvalue weighted by molar-refractivity contribution is 7.70. The van der Waals surface area contributed by atoms with E-state index in [-0.39, 0.29) is 5.75 Å². The quantitative estimate of drug-likeness (QED) is 0.675. The summed E-state index contributed by atoms with van der Waals surface area (Å²) >= 11 is 0. The molecule has 1 rings (SSSR count). The molecule has 5 nitrogen and oxygen atoms in total. The first kappa shape index (κ1) is 9.53. The second kappa shape index (κ2) is 4.46. The Labute approximate surface area is 76.4 Å². The normalized spacial score (nSPS) is 9.62. The van der Waals surface area contributed by atoms with E-state index in [9.17, 15) is 13.2 Å². The number of nitrogens with one attached hydrogen (secondary N) is 1. The van der Waals surface area contributed by atoms with E-state index < -0.39 is 17.0 Å². The van der Waals surface area contributed by atoms with Gasteiger partial charge in [0.2, 0.25) is 10.9 Å². The summed E-state index contributed by atoms with van der Waals surface area (Å²) in [7, 11) is -2.96. The lowest BCUT2D eigenvalue weighted by atomic mass is 10.3. The first-order valence-corrected chi connectivity index (χ1v) is 4.54. The third kappa shape index (κ3) is 3.57. The predicted octanol–water partition coefficient (Wildman–Crippen LogP) is 0.301. The van der Waals surface area contributed by atoms with Crippen molar-refractivity contribution in [2.75, 3.05) is 0 Å². The summed E-state index contributed by atoms with van der Waals surface area (Å²) < 4.78 is 26.2. The Balaban J connectivity index is 2.55. The number of thiol groups is 1. The summed E-state index contributed by atoms with van der Waals surface area (Å²) in [5.74, 6) is 0.289. The first-order valence-electron chi connectivity index (χ1n) is 3.36. The van der Waals surface area contributed by atoms with Gasteiger partial charge in [-0.2, -0.15) is 0 Å². The zero-order valence-corrected chi connectivity index (χ0v) is 7.36. The number of hydrogen-bond acceptors (Lipinski definition) is 4. The van der Waals surface area contributed by atoms with Gasteiger partial charge < -0.3 is 4.74 Å². The molecular formula is C7H7NO4S. The monoisotopic (exact) mass is 201 g/mol. The van der Waals surface area contributed by atoms with Crippen molar-refractivity contribution in [3.8, 4) is 5.75 Å². The molecule has 0 spiro atoms. The third-order valence-corrected chi connectivity index (χ3v) is 1.50. The van der Waals surface area contributed by atoms with Crippen molar-refractivity contribution in [2.24, 2.45) is 0 Å². The van der Waals surface area contributed by atoms with Gasteiger partial charge in [-0.3, -0.25) is 0 Å². The lowest BCUT2D eigenvalue weighted by molar-refractivity contribution is 0.207. The molecule has 0 aliphatic carbocycles. The van der Waals surface area contributed by atoms with Gasteiger partial charge in [-0.25, -0.2) is 17.9 Å². The minimum absolute atomic E-state index is 0.289. The fourth-order valence-corrected chi connectivity index (χ4v) is 0.888. The third-order valence-electron chi connectivity index (χ3n) is 1.14. The van der Waals surface area contributed by atoms with Gasteiger partial charge in [0.25, 0.3) is 0 Å². The van der Waals surface area contributed by atoms with Crippen LogP contribution in [0.25, 0.3) is 0 Å². The number of carbonyl (C=O) groups excluding carboxylic acids is 1. The number of ether oxygens (including phenoxy) is 1. The molecule has 0 aliphatic heterocycles. The SMILES string of the molecule is O=C(N[SH](=O)=O)Oc1ccccc1. The van der Waals surface area contributed by atoms with Crippen LogP contribution in [0.4, 0.5) is 4.79 Å². The Kier molecular flexibility index (Phi) is 3.27. The first-order chi connectivity index (χ1) is 6.18. The summed E-state index contributed by atoms with van der Waals surface area (Å²) in [5, 5.41) is 0. The summed E-state index contributed by atoms with van der Waals surface area (Å²) in [6.45, 7) is 0. The zero-order chi connectivity index (χ0) is 9.68. The van der Waals surface area contributed by atoms with Gasteiger partial charge in [0.15, 0.2) is 0 Å². The van der Waals surface area contributed by atoms with Crippen LogP contribution in [-0.2, 0) is 10.9 Å². The van der Waals surface area contributed by atoms with Gasteiger partial charge in [-0.15, -0.1) is 0 Å². The molecule has 70 valence electrons. The molecule has 0 saturated heterocycles. The van der Waals surface area contributed by atoms with Crippen LogP contribution < -0.4 is 9.46 Å². The van der Waals surface area contributed by atoms with Gasteiger partial charge in [0.1, 0.15) is 5.75 Å². The maximum absolute atomic E-state index is 10.7. The molecule has 0 unspecified atom stereocenters. The lowest BCUT2D eigenvalue weighted by Crippen LogP contribution is -2.24. The highest BCUT2D eigenvalue weighted by Crippen LogP contribution is 2.07. The Bertz CT molecular complexity index is 352. The molecule has 0 saturated carbocycles. The van der Waals surface area contributed by atoms with Gasteiger partial charge in [-0.05, 0) is 12.1 Å². The number of amides is 1. The number of benzene rings is 1. The molecule has 1 aromatic carbocycles. The zero-order valence-electron chi connectivity index (χ0n) is 6.47. The van der Waals surface area contributed by atoms with E-state index in [1.54, 1.807) is 22.9 Å². The van der Waals surface area contributed by atoms with Crippen LogP contribution in [0.5, 0.6) is 5.75 Å². The molecule has 0 heterocycles. The highest BCUT2D eigenvalue weighted by Gasteiger charge is 2.02. The second-order valence-corrected chi connectivity index (χ2v) is 2.81. The molecule has 1 N–H and O–H groups in total. The largest absolute Gasteiger partial charge is 0.426 e. The lowest BCUT2D eigenvalue weighted by Gasteiger charge is -2.00. The minimum atomic E-state index is -2.96. The Morgan fingerprint density at radius 3 is 2.38 bits per heavy atom. The van der Waals surface area contributed by atoms with E-state index in [1.165, 1.54) is 12.1 Å². The summed E-state index contributed by atoms with van der Waals surface area (Å²) in [6, 6.07) is 8.16. The van der Waals surface area contributed by atoms with Gasteiger partial charge >= 0.3 is 6.09 Å². The molecule has 0 radical (unpaired) electrons. The van der Waals surface area contributed by atoms with Crippen LogP contribution in [-0.4, -0.2) is 14.5 Å². The summed E-state index contributed by atoms with van der Waals surface area (Å²) in [5.41, 5.74) is 0. The van der Waals surface area contributed by atoms with E-state index in [0.717, 1.165) is 0 Å². The Hall–Kier alpha value is -1.56. The van der Waals surface area contributed by atoms with E-state index in [0.29, 0.717) is 0 Å². The smallest absolute Gasteiger partial charge is 0.410 e. The van der Waals surface area contributed by atoms with E-state index in [2.05, 4.69) is 4.74 Å². The second-order valence-electron chi connectivity index (χ2n) is 2.07. The van der Waals surface area contributed by atoms with Crippen LogP contribution in [0.2, 0.25) is 0 Å². The molecular weight excluding hydrogens is 194 g/mol. The average molecular weight is 201 g/mol. The van der Waals surface area contributed by atoms with Gasteiger partial charge in [-0.1, -0.05) is 18.2 Å². The fourth-order valence-electron chi connectivity index (χ4n) is 0.693. The molecule has 0 atom stereocenters. The van der Waals surface area contributed by atoms with Crippen molar-refractivity contribution in [3.63, 3.8) is 0 Å². The van der Waals surface area contributed by atoms with Crippen LogP contribution in [0.15, 0.2) is 30.3 Å². The van der Waals surface area contributed by atoms with Crippen LogP contribution in [0.1, 0.15) is 0 Å². The molecule has 6 heteroatoms. The van der Waals surface area contributed by atoms with Crippen LogP contribution in [0, 0.1) is 0 Å². The predicted molar refractivity (Wildman–Crippen MR) is 45.9 cm³/mol. The summed E-state index contributed by atoms with van der Waals surface area (Å²) in [4.78, 5) is 10.7. The van der Waals surface area contributed by atoms with Crippen LogP contribution >= 0.6 is 0 Å². The van der Waals surface area contributed by atoms with E-state index >= 15 is 0 Å². The maximum Gasteiger partial charge on any atom is 0.426 e. The van der Waals surface area contributed by atoms with Gasteiger partial charge in [0, 0.05) is 0 Å². The standard InChI is InChI=1S/C7H7NO4S/c9-7(8-13(10)11)12-6-4-2-1-3-5-6/h1-5,13H,(H,8,9,10,11). The van der Waals surface area contributed by atoms with Crippen molar-refractivity contribution in [1.82, 2.24) is 4.72 Å². The molecule has 1 aromatic rings. The number of carbonyl (C=O) groups is 1. The van der Waals surface area contributed by atoms with Crippen molar-refractivity contribution in [2.45, 2.75) is 0 Å². The van der Waals surface area contributed by atoms with E-state index in [1.807, 2.05) is 0 Å². The molecule has 0 aromatic heterocycles. The molecule has 0 fully saturated rings. The Morgan fingerprint density at radius 1 is 1.23 bits per heavy atom. The summed E-state index contributed by atoms with van der Waals surface area (Å²) in [6.07, 6.45) is -1.01. The van der Waals surface area contributed by atoms with Crippen LogP contribution in [0.3, 0.4) is 0 Å². The topological polar surface area (TPSA) is 72.5 Å². The molecule has 0 bridgehead atoms. The molecule has 1 amide bonds. The number of para-hydroxylation sites is 1. The minimum Gasteiger partial charge on any atom is -0.410 e. The maximum atomic E-state index is 10.7. The van der Waals surface area contributed by atoms with Crippen molar-refractivity contribution < 1.29 is 17.9 Å². The number of rotatable bonds is 2.